The van der Waals surface area contributed by atoms with Crippen LogP contribution in [0.5, 0.6) is 0 Å². The zero-order valence-corrected chi connectivity index (χ0v) is 10.9. The van der Waals surface area contributed by atoms with E-state index in [9.17, 15) is 4.79 Å². The third kappa shape index (κ3) is 3.94. The monoisotopic (exact) mass is 285 g/mol. The number of hydrogen-bond acceptors (Lipinski definition) is 3. The van der Waals surface area contributed by atoms with E-state index in [2.05, 4.69) is 15.9 Å². The fourth-order valence-corrected chi connectivity index (χ4v) is 1.70. The summed E-state index contributed by atoms with van der Waals surface area (Å²) in [4.78, 5) is 11.5. The van der Waals surface area contributed by atoms with Gasteiger partial charge in [0.25, 0.3) is 0 Å². The van der Waals surface area contributed by atoms with E-state index in [1.165, 1.54) is 0 Å². The summed E-state index contributed by atoms with van der Waals surface area (Å²) < 4.78 is 6.07. The molecule has 1 atom stereocenters. The second kappa shape index (κ2) is 6.66. The molecule has 0 radical (unpaired) electrons. The molecule has 1 rings (SSSR count). The highest BCUT2D eigenvalue weighted by molar-refractivity contribution is 9.10. The van der Waals surface area contributed by atoms with Crippen LogP contribution in [0.3, 0.4) is 0 Å². The van der Waals surface area contributed by atoms with Gasteiger partial charge in [-0.2, -0.15) is 0 Å². The first kappa shape index (κ1) is 13.2. The number of benzene rings is 1. The molecule has 88 valence electrons. The summed E-state index contributed by atoms with van der Waals surface area (Å²) in [6, 6.07) is 7.13. The molecular weight excluding hydrogens is 270 g/mol. The fourth-order valence-electron chi connectivity index (χ4n) is 1.30. The van der Waals surface area contributed by atoms with E-state index in [4.69, 9.17) is 10.5 Å². The summed E-state index contributed by atoms with van der Waals surface area (Å²) in [6.07, 6.45) is 1.54. The van der Waals surface area contributed by atoms with Crippen LogP contribution in [0.4, 0.5) is 0 Å². The Hall–Kier alpha value is -0.870. The highest BCUT2D eigenvalue weighted by atomic mass is 79.9. The molecule has 1 unspecified atom stereocenters. The summed E-state index contributed by atoms with van der Waals surface area (Å²) in [5, 5.41) is 0. The van der Waals surface area contributed by atoms with Gasteiger partial charge in [-0.05, 0) is 12.5 Å². The minimum absolute atomic E-state index is 0.262. The van der Waals surface area contributed by atoms with E-state index >= 15 is 0 Å². The van der Waals surface area contributed by atoms with Crippen molar-refractivity contribution in [2.24, 2.45) is 5.73 Å². The van der Waals surface area contributed by atoms with Crippen molar-refractivity contribution < 1.29 is 9.53 Å². The summed E-state index contributed by atoms with van der Waals surface area (Å²) in [5.41, 5.74) is 6.59. The van der Waals surface area contributed by atoms with E-state index in [1.807, 2.05) is 31.2 Å². The number of rotatable bonds is 5. The molecule has 16 heavy (non-hydrogen) atoms. The molecule has 1 aromatic rings. The molecule has 2 N–H and O–H groups in total. The van der Waals surface area contributed by atoms with Crippen molar-refractivity contribution in [1.29, 1.82) is 0 Å². The largest absolute Gasteiger partial charge is 0.460 e. The van der Waals surface area contributed by atoms with Gasteiger partial charge in [0, 0.05) is 10.0 Å². The second-order valence-electron chi connectivity index (χ2n) is 3.59. The van der Waals surface area contributed by atoms with Gasteiger partial charge in [-0.25, -0.2) is 0 Å². The molecule has 0 aromatic heterocycles. The third-order valence-electron chi connectivity index (χ3n) is 2.23. The van der Waals surface area contributed by atoms with Crippen LogP contribution in [0.15, 0.2) is 28.7 Å². The second-order valence-corrected chi connectivity index (χ2v) is 4.45. The van der Waals surface area contributed by atoms with Crippen molar-refractivity contribution in [1.82, 2.24) is 0 Å². The van der Waals surface area contributed by atoms with Crippen LogP contribution >= 0.6 is 15.9 Å². The molecule has 3 nitrogen and oxygen atoms in total. The first-order chi connectivity index (χ1) is 7.65. The van der Waals surface area contributed by atoms with Crippen LogP contribution in [-0.2, 0) is 16.1 Å². The van der Waals surface area contributed by atoms with Crippen LogP contribution in [0.2, 0.25) is 0 Å². The molecule has 0 spiro atoms. The average molecular weight is 286 g/mol. The van der Waals surface area contributed by atoms with Crippen LogP contribution < -0.4 is 5.73 Å². The number of esters is 1. The predicted molar refractivity (Wildman–Crippen MR) is 66.8 cm³/mol. The Balaban J connectivity index is 2.46. The highest BCUT2D eigenvalue weighted by Gasteiger charge is 2.14. The van der Waals surface area contributed by atoms with E-state index in [-0.39, 0.29) is 12.6 Å². The Morgan fingerprint density at radius 1 is 1.50 bits per heavy atom. The van der Waals surface area contributed by atoms with Gasteiger partial charge in [0.1, 0.15) is 12.6 Å². The number of nitrogens with two attached hydrogens (primary N) is 1. The lowest BCUT2D eigenvalue weighted by molar-refractivity contribution is -0.146. The Morgan fingerprint density at radius 3 is 2.81 bits per heavy atom. The van der Waals surface area contributed by atoms with Crippen LogP contribution in [-0.4, -0.2) is 12.0 Å². The van der Waals surface area contributed by atoms with E-state index in [0.717, 1.165) is 16.5 Å². The van der Waals surface area contributed by atoms with Crippen molar-refractivity contribution >= 4 is 21.9 Å². The maximum atomic E-state index is 11.5. The Labute approximate surface area is 104 Å². The molecule has 1 aromatic carbocycles. The normalized spacial score (nSPS) is 12.2. The molecule has 0 bridgehead atoms. The molecule has 0 aliphatic carbocycles. The Kier molecular flexibility index (Phi) is 5.49. The summed E-state index contributed by atoms with van der Waals surface area (Å²) in [5.74, 6) is -0.336. The van der Waals surface area contributed by atoms with Crippen molar-refractivity contribution in [2.45, 2.75) is 32.4 Å². The zero-order chi connectivity index (χ0) is 12.0. The van der Waals surface area contributed by atoms with Gasteiger partial charge in [0.2, 0.25) is 0 Å². The Morgan fingerprint density at radius 2 is 2.19 bits per heavy atom. The number of carbonyl (C=O) groups excluding carboxylic acids is 1. The molecule has 0 saturated heterocycles. The van der Waals surface area contributed by atoms with Crippen LogP contribution in [0.1, 0.15) is 25.3 Å². The van der Waals surface area contributed by atoms with Crippen molar-refractivity contribution in [2.75, 3.05) is 0 Å². The van der Waals surface area contributed by atoms with Gasteiger partial charge < -0.3 is 10.5 Å². The van der Waals surface area contributed by atoms with Crippen LogP contribution in [0, 0.1) is 0 Å². The SMILES string of the molecule is CCCC(N)C(=O)OCc1ccccc1Br. The maximum absolute atomic E-state index is 11.5. The van der Waals surface area contributed by atoms with Crippen molar-refractivity contribution in [3.8, 4) is 0 Å². The number of carbonyl (C=O) groups is 1. The highest BCUT2D eigenvalue weighted by Crippen LogP contribution is 2.16. The maximum Gasteiger partial charge on any atom is 0.323 e. The van der Waals surface area contributed by atoms with Gasteiger partial charge >= 0.3 is 5.97 Å². The Bertz CT molecular complexity index is 355. The first-order valence-corrected chi connectivity index (χ1v) is 6.10. The summed E-state index contributed by atoms with van der Waals surface area (Å²) in [7, 11) is 0. The van der Waals surface area contributed by atoms with Gasteiger partial charge in [0.15, 0.2) is 0 Å². The molecule has 0 aliphatic rings. The molecule has 0 fully saturated rings. The third-order valence-corrected chi connectivity index (χ3v) is 3.00. The standard InChI is InChI=1S/C12H16BrNO2/c1-2-5-11(14)12(15)16-8-9-6-3-4-7-10(9)13/h3-4,6-7,11H,2,5,8,14H2,1H3. The number of hydrogen-bond donors (Lipinski definition) is 1. The van der Waals surface area contributed by atoms with E-state index in [1.54, 1.807) is 0 Å². The molecule has 0 saturated carbocycles. The van der Waals surface area contributed by atoms with Crippen LogP contribution in [0.25, 0.3) is 0 Å². The molecule has 0 heterocycles. The van der Waals surface area contributed by atoms with E-state index in [0.29, 0.717) is 6.42 Å². The average Bonchev–Trinajstić information content (AvgIpc) is 2.28. The van der Waals surface area contributed by atoms with Crippen molar-refractivity contribution in [3.05, 3.63) is 34.3 Å². The molecule has 0 amide bonds. The number of ether oxygens (including phenoxy) is 1. The quantitative estimate of drug-likeness (QED) is 0.846. The smallest absolute Gasteiger partial charge is 0.323 e. The minimum Gasteiger partial charge on any atom is -0.460 e. The fraction of sp³-hybridized carbons (Fsp3) is 0.417. The van der Waals surface area contributed by atoms with Gasteiger partial charge in [0.05, 0.1) is 0 Å². The zero-order valence-electron chi connectivity index (χ0n) is 9.28. The molecule has 4 heteroatoms. The molecular formula is C12H16BrNO2. The lowest BCUT2D eigenvalue weighted by Crippen LogP contribution is -2.31. The van der Waals surface area contributed by atoms with E-state index < -0.39 is 6.04 Å². The predicted octanol–water partition coefficient (Wildman–Crippen LogP) is 2.62. The summed E-state index contributed by atoms with van der Waals surface area (Å²) in [6.45, 7) is 2.25. The minimum atomic E-state index is -0.507. The topological polar surface area (TPSA) is 52.3 Å². The molecule has 0 aliphatic heterocycles. The first-order valence-electron chi connectivity index (χ1n) is 5.30. The summed E-state index contributed by atoms with van der Waals surface area (Å²) >= 11 is 3.39. The number of halogens is 1. The van der Waals surface area contributed by atoms with Gasteiger partial charge in [-0.15, -0.1) is 0 Å². The van der Waals surface area contributed by atoms with Gasteiger partial charge in [-0.1, -0.05) is 47.5 Å². The lowest BCUT2D eigenvalue weighted by Gasteiger charge is -2.11. The van der Waals surface area contributed by atoms with Crippen molar-refractivity contribution in [3.63, 3.8) is 0 Å². The lowest BCUT2D eigenvalue weighted by atomic mass is 10.2. The van der Waals surface area contributed by atoms with Gasteiger partial charge in [-0.3, -0.25) is 4.79 Å².